The topological polar surface area (TPSA) is 58.5 Å². The van der Waals surface area contributed by atoms with Crippen LogP contribution in [0.25, 0.3) is 0 Å². The van der Waals surface area contributed by atoms with Crippen molar-refractivity contribution in [2.75, 3.05) is 5.75 Å². The summed E-state index contributed by atoms with van der Waals surface area (Å²) in [7, 11) is -3.17. The van der Waals surface area contributed by atoms with Gasteiger partial charge in [0, 0.05) is 5.71 Å². The highest BCUT2D eigenvalue weighted by atomic mass is 32.2. The first-order valence-corrected chi connectivity index (χ1v) is 6.26. The molecule has 0 amide bonds. The van der Waals surface area contributed by atoms with Crippen molar-refractivity contribution in [1.82, 2.24) is 4.83 Å². The zero-order valence-corrected chi connectivity index (χ0v) is 8.89. The van der Waals surface area contributed by atoms with Gasteiger partial charge in [0.2, 0.25) is 10.0 Å². The van der Waals surface area contributed by atoms with E-state index in [-0.39, 0.29) is 5.75 Å². The molecular weight excluding hydrogens is 188 g/mol. The maximum Gasteiger partial charge on any atom is 0.247 e. The summed E-state index contributed by atoms with van der Waals surface area (Å²) in [5.41, 5.74) is 0.983. The van der Waals surface area contributed by atoms with Gasteiger partial charge in [0.15, 0.2) is 0 Å². The second kappa shape index (κ2) is 4.09. The number of sulfonamides is 1. The number of hydrogen-bond donors (Lipinski definition) is 1. The van der Waals surface area contributed by atoms with Crippen LogP contribution in [0.2, 0.25) is 0 Å². The lowest BCUT2D eigenvalue weighted by Crippen LogP contribution is -2.22. The van der Waals surface area contributed by atoms with E-state index in [2.05, 4.69) is 16.9 Å². The van der Waals surface area contributed by atoms with Crippen molar-refractivity contribution in [2.45, 2.75) is 33.1 Å². The fourth-order valence-corrected chi connectivity index (χ4v) is 1.75. The number of hydrogen-bond acceptors (Lipinski definition) is 3. The van der Waals surface area contributed by atoms with E-state index in [1.807, 2.05) is 0 Å². The second-order valence-electron chi connectivity index (χ2n) is 3.39. The molecule has 1 unspecified atom stereocenters. The van der Waals surface area contributed by atoms with Crippen LogP contribution >= 0.6 is 0 Å². The van der Waals surface area contributed by atoms with E-state index in [1.54, 1.807) is 6.92 Å². The molecule has 1 N–H and O–H groups in total. The predicted molar refractivity (Wildman–Crippen MR) is 53.0 cm³/mol. The Labute approximate surface area is 79.5 Å². The summed E-state index contributed by atoms with van der Waals surface area (Å²) < 4.78 is 22.1. The van der Waals surface area contributed by atoms with Crippen LogP contribution in [0.15, 0.2) is 5.10 Å². The first-order chi connectivity index (χ1) is 6.05. The minimum Gasteiger partial charge on any atom is -0.205 e. The molecular formula is C8H16N2O2S. The van der Waals surface area contributed by atoms with E-state index in [1.165, 1.54) is 0 Å². The Morgan fingerprint density at radius 2 is 2.31 bits per heavy atom. The predicted octanol–water partition coefficient (Wildman–Crippen LogP) is 1.10. The van der Waals surface area contributed by atoms with Crippen LogP contribution in [0.5, 0.6) is 0 Å². The third-order valence-corrected chi connectivity index (χ3v) is 3.48. The third-order valence-electron chi connectivity index (χ3n) is 2.35. The number of nitrogens with zero attached hydrogens (tertiary/aromatic N) is 1. The average molecular weight is 204 g/mol. The van der Waals surface area contributed by atoms with Crippen LogP contribution in [0, 0.1) is 5.92 Å². The highest BCUT2D eigenvalue weighted by molar-refractivity contribution is 7.89. The van der Waals surface area contributed by atoms with Crippen LogP contribution in [0.4, 0.5) is 0 Å². The van der Waals surface area contributed by atoms with Gasteiger partial charge in [-0.3, -0.25) is 0 Å². The summed E-state index contributed by atoms with van der Waals surface area (Å²) in [6.07, 6.45) is 3.16. The molecule has 0 saturated heterocycles. The SMILES string of the molecule is CCS(=O)(=O)N/N=C1/CCCC1C. The average Bonchev–Trinajstić information content (AvgIpc) is 2.48. The van der Waals surface area contributed by atoms with Crippen molar-refractivity contribution < 1.29 is 8.42 Å². The number of rotatable bonds is 3. The van der Waals surface area contributed by atoms with Crippen molar-refractivity contribution in [3.05, 3.63) is 0 Å². The van der Waals surface area contributed by atoms with E-state index in [0.717, 1.165) is 25.0 Å². The summed E-state index contributed by atoms with van der Waals surface area (Å²) in [5, 5.41) is 3.93. The molecule has 0 bridgehead atoms. The summed E-state index contributed by atoms with van der Waals surface area (Å²) >= 11 is 0. The molecule has 1 atom stereocenters. The summed E-state index contributed by atoms with van der Waals surface area (Å²) in [4.78, 5) is 2.24. The van der Waals surface area contributed by atoms with Crippen molar-refractivity contribution in [2.24, 2.45) is 11.0 Å². The molecule has 5 heteroatoms. The van der Waals surface area contributed by atoms with Gasteiger partial charge in [-0.2, -0.15) is 5.10 Å². The van der Waals surface area contributed by atoms with E-state index in [9.17, 15) is 8.42 Å². The largest absolute Gasteiger partial charge is 0.247 e. The minimum atomic E-state index is -3.17. The third kappa shape index (κ3) is 2.99. The van der Waals surface area contributed by atoms with Crippen molar-refractivity contribution in [3.8, 4) is 0 Å². The van der Waals surface area contributed by atoms with E-state index in [4.69, 9.17) is 0 Å². The normalized spacial score (nSPS) is 26.6. The van der Waals surface area contributed by atoms with Gasteiger partial charge in [0.25, 0.3) is 0 Å². The van der Waals surface area contributed by atoms with Crippen LogP contribution in [0.1, 0.15) is 33.1 Å². The zero-order valence-electron chi connectivity index (χ0n) is 8.08. The molecule has 0 aromatic rings. The van der Waals surface area contributed by atoms with Crippen LogP contribution in [-0.2, 0) is 10.0 Å². The Hall–Kier alpha value is -0.580. The van der Waals surface area contributed by atoms with Gasteiger partial charge >= 0.3 is 0 Å². The molecule has 0 heterocycles. The van der Waals surface area contributed by atoms with Crippen molar-refractivity contribution >= 4 is 15.7 Å². The van der Waals surface area contributed by atoms with Gasteiger partial charge in [0.1, 0.15) is 0 Å². The van der Waals surface area contributed by atoms with Gasteiger partial charge in [-0.25, -0.2) is 13.2 Å². The maximum absolute atomic E-state index is 11.0. The Morgan fingerprint density at radius 1 is 1.62 bits per heavy atom. The Bertz CT molecular complexity index is 295. The van der Waals surface area contributed by atoms with Gasteiger partial charge in [-0.05, 0) is 32.1 Å². The minimum absolute atomic E-state index is 0.0815. The van der Waals surface area contributed by atoms with Crippen LogP contribution in [-0.4, -0.2) is 19.9 Å². The number of hydrazone groups is 1. The van der Waals surface area contributed by atoms with Crippen molar-refractivity contribution in [1.29, 1.82) is 0 Å². The van der Waals surface area contributed by atoms with Crippen LogP contribution < -0.4 is 4.83 Å². The Kier molecular flexibility index (Phi) is 3.30. The van der Waals surface area contributed by atoms with Crippen LogP contribution in [0.3, 0.4) is 0 Å². The quantitative estimate of drug-likeness (QED) is 0.700. The standard InChI is InChI=1S/C8H16N2O2S/c1-3-13(11,12)10-9-8-6-4-5-7(8)2/h7,10H,3-6H2,1-2H3/b9-8-. The smallest absolute Gasteiger partial charge is 0.205 e. The Balaban J connectivity index is 2.58. The number of nitrogens with one attached hydrogen (secondary N) is 1. The van der Waals surface area contributed by atoms with Gasteiger partial charge in [-0.1, -0.05) is 6.92 Å². The van der Waals surface area contributed by atoms with E-state index >= 15 is 0 Å². The summed E-state index contributed by atoms with van der Waals surface area (Å²) in [6, 6.07) is 0. The molecule has 1 saturated carbocycles. The van der Waals surface area contributed by atoms with E-state index < -0.39 is 10.0 Å². The lowest BCUT2D eigenvalue weighted by Gasteiger charge is -2.04. The molecule has 0 aromatic carbocycles. The highest BCUT2D eigenvalue weighted by Crippen LogP contribution is 2.21. The monoisotopic (exact) mass is 204 g/mol. The summed E-state index contributed by atoms with van der Waals surface area (Å²) in [5.74, 6) is 0.512. The van der Waals surface area contributed by atoms with Gasteiger partial charge < -0.3 is 0 Å². The highest BCUT2D eigenvalue weighted by Gasteiger charge is 2.18. The van der Waals surface area contributed by atoms with Crippen molar-refractivity contribution in [3.63, 3.8) is 0 Å². The fourth-order valence-electron chi connectivity index (χ4n) is 1.36. The molecule has 1 aliphatic rings. The zero-order chi connectivity index (χ0) is 9.90. The van der Waals surface area contributed by atoms with Gasteiger partial charge in [-0.15, -0.1) is 0 Å². The fraction of sp³-hybridized carbons (Fsp3) is 0.875. The molecule has 0 aromatic heterocycles. The molecule has 0 radical (unpaired) electrons. The lowest BCUT2D eigenvalue weighted by atomic mass is 10.1. The molecule has 76 valence electrons. The molecule has 4 nitrogen and oxygen atoms in total. The molecule has 1 aliphatic carbocycles. The maximum atomic E-state index is 11.0. The first-order valence-electron chi connectivity index (χ1n) is 4.61. The molecule has 0 aliphatic heterocycles. The molecule has 0 spiro atoms. The van der Waals surface area contributed by atoms with Gasteiger partial charge in [0.05, 0.1) is 5.75 Å². The first kappa shape index (κ1) is 10.5. The second-order valence-corrected chi connectivity index (χ2v) is 5.38. The molecule has 13 heavy (non-hydrogen) atoms. The molecule has 1 fully saturated rings. The lowest BCUT2D eigenvalue weighted by molar-refractivity contribution is 0.585. The Morgan fingerprint density at radius 3 is 2.77 bits per heavy atom. The summed E-state index contributed by atoms with van der Waals surface area (Å²) in [6.45, 7) is 3.67. The molecule has 1 rings (SSSR count). The van der Waals surface area contributed by atoms with E-state index in [0.29, 0.717) is 5.92 Å².